The van der Waals surface area contributed by atoms with Crippen molar-refractivity contribution in [2.75, 3.05) is 13.1 Å². The fourth-order valence-electron chi connectivity index (χ4n) is 1.51. The molecule has 0 unspecified atom stereocenters. The molecular weight excluding hydrogens is 345 g/mol. The molecule has 98 valence electrons. The molecule has 5 nitrogen and oxygen atoms in total. The van der Waals surface area contributed by atoms with Gasteiger partial charge in [0.15, 0.2) is 0 Å². The van der Waals surface area contributed by atoms with E-state index in [0.717, 1.165) is 3.57 Å². The fraction of sp³-hybridized carbons (Fsp3) is 0.333. The molecule has 18 heavy (non-hydrogen) atoms. The summed E-state index contributed by atoms with van der Waals surface area (Å²) >= 11 is 2.17. The Bertz CT molecular complexity index is 449. The summed E-state index contributed by atoms with van der Waals surface area (Å²) in [6.45, 7) is 2.93. The van der Waals surface area contributed by atoms with Crippen molar-refractivity contribution in [2.45, 2.75) is 13.3 Å². The highest BCUT2D eigenvalue weighted by Crippen LogP contribution is 2.10. The third-order valence-corrected chi connectivity index (χ3v) is 3.18. The number of halogens is 1. The van der Waals surface area contributed by atoms with Gasteiger partial charge >= 0.3 is 0 Å². The standard InChI is InChI=1S/C12H16IN3O2/c1-2-16(7-6-11(14)15-18)12(17)9-4-3-5-10(13)8-9/h3-5,8,18H,2,6-7H2,1H3,(H2,14,15). The Labute approximate surface area is 120 Å². The van der Waals surface area contributed by atoms with Crippen LogP contribution in [0.15, 0.2) is 29.4 Å². The van der Waals surface area contributed by atoms with E-state index < -0.39 is 0 Å². The molecule has 0 aliphatic heterocycles. The minimum absolute atomic E-state index is 0.0400. The van der Waals surface area contributed by atoms with Gasteiger partial charge in [-0.25, -0.2) is 0 Å². The molecule has 1 rings (SSSR count). The second-order valence-corrected chi connectivity index (χ2v) is 4.98. The highest BCUT2D eigenvalue weighted by atomic mass is 127. The van der Waals surface area contributed by atoms with Crippen molar-refractivity contribution in [1.82, 2.24) is 4.90 Å². The number of carbonyl (C=O) groups is 1. The van der Waals surface area contributed by atoms with Crippen LogP contribution in [-0.4, -0.2) is 34.9 Å². The molecule has 1 aromatic carbocycles. The zero-order chi connectivity index (χ0) is 13.5. The van der Waals surface area contributed by atoms with Crippen LogP contribution in [0.25, 0.3) is 0 Å². The molecule has 0 spiro atoms. The van der Waals surface area contributed by atoms with E-state index in [-0.39, 0.29) is 11.7 Å². The van der Waals surface area contributed by atoms with Gasteiger partial charge in [-0.15, -0.1) is 0 Å². The summed E-state index contributed by atoms with van der Waals surface area (Å²) in [5, 5.41) is 11.4. The zero-order valence-corrected chi connectivity index (χ0v) is 12.3. The molecule has 0 radical (unpaired) electrons. The first-order valence-corrected chi connectivity index (χ1v) is 6.67. The van der Waals surface area contributed by atoms with Gasteiger partial charge in [0.1, 0.15) is 5.84 Å². The summed E-state index contributed by atoms with van der Waals surface area (Å²) in [5.41, 5.74) is 6.06. The van der Waals surface area contributed by atoms with Crippen LogP contribution in [0.1, 0.15) is 23.7 Å². The smallest absolute Gasteiger partial charge is 0.253 e. The van der Waals surface area contributed by atoms with E-state index in [2.05, 4.69) is 27.7 Å². The van der Waals surface area contributed by atoms with Crippen LogP contribution in [0, 0.1) is 3.57 Å². The SMILES string of the molecule is CCN(CCC(N)=NO)C(=O)c1cccc(I)c1. The maximum atomic E-state index is 12.2. The first kappa shape index (κ1) is 14.7. The van der Waals surface area contributed by atoms with Crippen molar-refractivity contribution in [2.24, 2.45) is 10.9 Å². The van der Waals surface area contributed by atoms with Gasteiger partial charge in [0.2, 0.25) is 0 Å². The molecular formula is C12H16IN3O2. The molecule has 0 fully saturated rings. The Morgan fingerprint density at radius 1 is 1.56 bits per heavy atom. The number of amides is 1. The topological polar surface area (TPSA) is 78.9 Å². The molecule has 0 heterocycles. The molecule has 1 aromatic rings. The third-order valence-electron chi connectivity index (χ3n) is 2.51. The lowest BCUT2D eigenvalue weighted by Crippen LogP contribution is -2.34. The van der Waals surface area contributed by atoms with Crippen molar-refractivity contribution in [3.63, 3.8) is 0 Å². The zero-order valence-electron chi connectivity index (χ0n) is 10.1. The summed E-state index contributed by atoms with van der Waals surface area (Å²) in [7, 11) is 0. The number of hydrogen-bond acceptors (Lipinski definition) is 3. The molecule has 6 heteroatoms. The number of rotatable bonds is 5. The number of nitrogens with two attached hydrogens (primary N) is 1. The Hall–Kier alpha value is -1.31. The van der Waals surface area contributed by atoms with Crippen molar-refractivity contribution in [1.29, 1.82) is 0 Å². The van der Waals surface area contributed by atoms with Crippen LogP contribution in [0.2, 0.25) is 0 Å². The predicted octanol–water partition coefficient (Wildman–Crippen LogP) is 1.89. The summed E-state index contributed by atoms with van der Waals surface area (Å²) in [4.78, 5) is 13.9. The van der Waals surface area contributed by atoms with Gasteiger partial charge in [-0.3, -0.25) is 4.79 Å². The van der Waals surface area contributed by atoms with Gasteiger partial charge in [-0.05, 0) is 47.7 Å². The lowest BCUT2D eigenvalue weighted by molar-refractivity contribution is 0.0768. The molecule has 3 N–H and O–H groups in total. The second kappa shape index (κ2) is 7.20. The quantitative estimate of drug-likeness (QED) is 0.276. The summed E-state index contributed by atoms with van der Waals surface area (Å²) in [5.74, 6) is 0.0886. The van der Waals surface area contributed by atoms with Crippen LogP contribution in [0.3, 0.4) is 0 Å². The minimum atomic E-state index is -0.0400. The lowest BCUT2D eigenvalue weighted by atomic mass is 10.2. The summed E-state index contributed by atoms with van der Waals surface area (Å²) in [6, 6.07) is 7.42. The highest BCUT2D eigenvalue weighted by Gasteiger charge is 2.14. The van der Waals surface area contributed by atoms with Crippen LogP contribution < -0.4 is 5.73 Å². The maximum Gasteiger partial charge on any atom is 0.253 e. The average Bonchev–Trinajstić information content (AvgIpc) is 2.38. The van der Waals surface area contributed by atoms with Crippen LogP contribution in [-0.2, 0) is 0 Å². The number of nitrogens with zero attached hydrogens (tertiary/aromatic N) is 2. The first-order valence-electron chi connectivity index (χ1n) is 5.59. The molecule has 0 aliphatic carbocycles. The highest BCUT2D eigenvalue weighted by molar-refractivity contribution is 14.1. The molecule has 0 saturated heterocycles. The number of benzene rings is 1. The molecule has 0 aliphatic rings. The van der Waals surface area contributed by atoms with Gasteiger partial charge in [0.05, 0.1) is 0 Å². The van der Waals surface area contributed by atoms with Crippen molar-refractivity contribution in [3.8, 4) is 0 Å². The summed E-state index contributed by atoms with van der Waals surface area (Å²) in [6.07, 6.45) is 0.361. The Morgan fingerprint density at radius 2 is 2.28 bits per heavy atom. The third kappa shape index (κ3) is 4.17. The minimum Gasteiger partial charge on any atom is -0.409 e. The summed E-state index contributed by atoms with van der Waals surface area (Å²) < 4.78 is 1.02. The van der Waals surface area contributed by atoms with Crippen molar-refractivity contribution < 1.29 is 10.0 Å². The van der Waals surface area contributed by atoms with Gasteiger partial charge in [0, 0.05) is 28.6 Å². The monoisotopic (exact) mass is 361 g/mol. The fourth-order valence-corrected chi connectivity index (χ4v) is 2.05. The number of carbonyl (C=O) groups excluding carboxylic acids is 1. The molecule has 0 atom stereocenters. The van der Waals surface area contributed by atoms with E-state index in [0.29, 0.717) is 25.1 Å². The van der Waals surface area contributed by atoms with E-state index in [1.54, 1.807) is 11.0 Å². The number of hydrogen-bond donors (Lipinski definition) is 2. The normalized spacial score (nSPS) is 11.3. The van der Waals surface area contributed by atoms with E-state index in [1.807, 2.05) is 25.1 Å². The van der Waals surface area contributed by atoms with Crippen LogP contribution in [0.4, 0.5) is 0 Å². The number of oxime groups is 1. The van der Waals surface area contributed by atoms with Crippen molar-refractivity contribution in [3.05, 3.63) is 33.4 Å². The molecule has 0 bridgehead atoms. The van der Waals surface area contributed by atoms with Crippen molar-refractivity contribution >= 4 is 34.3 Å². The Kier molecular flexibility index (Phi) is 5.90. The van der Waals surface area contributed by atoms with Gasteiger partial charge in [0.25, 0.3) is 5.91 Å². The van der Waals surface area contributed by atoms with E-state index >= 15 is 0 Å². The number of amidine groups is 1. The predicted molar refractivity (Wildman–Crippen MR) is 78.8 cm³/mol. The van der Waals surface area contributed by atoms with Crippen LogP contribution in [0.5, 0.6) is 0 Å². The Morgan fingerprint density at radius 3 is 2.83 bits per heavy atom. The van der Waals surface area contributed by atoms with E-state index in [1.165, 1.54) is 0 Å². The average molecular weight is 361 g/mol. The largest absolute Gasteiger partial charge is 0.409 e. The van der Waals surface area contributed by atoms with Gasteiger partial charge in [-0.1, -0.05) is 11.2 Å². The Balaban J connectivity index is 2.73. The first-order chi connectivity index (χ1) is 8.58. The van der Waals surface area contributed by atoms with Gasteiger partial charge in [-0.2, -0.15) is 0 Å². The second-order valence-electron chi connectivity index (χ2n) is 3.74. The molecule has 0 aromatic heterocycles. The maximum absolute atomic E-state index is 12.2. The molecule has 1 amide bonds. The van der Waals surface area contributed by atoms with Gasteiger partial charge < -0.3 is 15.8 Å². The van der Waals surface area contributed by atoms with Crippen LogP contribution >= 0.6 is 22.6 Å². The van der Waals surface area contributed by atoms with E-state index in [9.17, 15) is 4.79 Å². The lowest BCUT2D eigenvalue weighted by Gasteiger charge is -2.20. The van der Waals surface area contributed by atoms with E-state index in [4.69, 9.17) is 10.9 Å². The molecule has 0 saturated carbocycles.